The Morgan fingerprint density at radius 2 is 1.75 bits per heavy atom. The molecule has 0 aromatic carbocycles. The number of carbonyl (C=O) groups is 3. The second-order valence-electron chi connectivity index (χ2n) is 5.05. The number of carboxylic acids is 2. The first-order valence-electron chi connectivity index (χ1n) is 6.10. The molecular weight excluding hydrogens is 268 g/mol. The van der Waals surface area contributed by atoms with Crippen molar-refractivity contribution >= 4 is 17.9 Å². The molecule has 0 heterocycles. The summed E-state index contributed by atoms with van der Waals surface area (Å²) >= 11 is 0. The molecule has 0 aliphatic heterocycles. The maximum Gasteiger partial charge on any atom is 0.336 e. The molecule has 7 heteroatoms. The van der Waals surface area contributed by atoms with E-state index in [0.717, 1.165) is 6.26 Å². The minimum atomic E-state index is -1.93. The summed E-state index contributed by atoms with van der Waals surface area (Å²) in [6.07, 6.45) is 1.40. The average Bonchev–Trinajstić information content (AvgIpc) is 2.24. The Morgan fingerprint density at radius 1 is 1.20 bits per heavy atom. The van der Waals surface area contributed by atoms with Gasteiger partial charge in [0.1, 0.15) is 5.60 Å². The van der Waals surface area contributed by atoms with Crippen LogP contribution in [0.4, 0.5) is 0 Å². The van der Waals surface area contributed by atoms with Gasteiger partial charge in [0.15, 0.2) is 5.92 Å². The van der Waals surface area contributed by atoms with Gasteiger partial charge in [0.05, 0.1) is 18.4 Å². The molecule has 0 fully saturated rings. The molecule has 0 saturated heterocycles. The van der Waals surface area contributed by atoms with Gasteiger partial charge in [0.25, 0.3) is 0 Å². The van der Waals surface area contributed by atoms with Crippen molar-refractivity contribution in [1.29, 1.82) is 0 Å². The van der Waals surface area contributed by atoms with Crippen LogP contribution in [0.2, 0.25) is 0 Å². The molecule has 1 atom stereocenters. The maximum absolute atomic E-state index is 11.8. The monoisotopic (exact) mass is 288 g/mol. The lowest BCUT2D eigenvalue weighted by atomic mass is 10.00. The minimum absolute atomic E-state index is 0.220. The summed E-state index contributed by atoms with van der Waals surface area (Å²) in [6.45, 7) is 6.69. The highest BCUT2D eigenvalue weighted by molar-refractivity contribution is 6.06. The van der Waals surface area contributed by atoms with Gasteiger partial charge in [-0.15, -0.1) is 0 Å². The van der Waals surface area contributed by atoms with Crippen LogP contribution < -0.4 is 0 Å². The average molecular weight is 288 g/mol. The van der Waals surface area contributed by atoms with Gasteiger partial charge in [-0.25, -0.2) is 4.79 Å². The highest BCUT2D eigenvalue weighted by atomic mass is 16.6. The number of carboxylic acid groups (broad SMARTS) is 2. The van der Waals surface area contributed by atoms with Crippen molar-refractivity contribution in [3.8, 4) is 0 Å². The van der Waals surface area contributed by atoms with E-state index in [1.807, 2.05) is 0 Å². The predicted octanol–water partition coefficient (Wildman–Crippen LogP) is 1.42. The van der Waals surface area contributed by atoms with E-state index in [1.165, 1.54) is 0 Å². The smallest absolute Gasteiger partial charge is 0.336 e. The molecule has 0 radical (unpaired) electrons. The van der Waals surface area contributed by atoms with E-state index >= 15 is 0 Å². The first-order valence-corrected chi connectivity index (χ1v) is 6.10. The lowest BCUT2D eigenvalue weighted by Crippen LogP contribution is -2.35. The summed E-state index contributed by atoms with van der Waals surface area (Å²) in [7, 11) is 0. The van der Waals surface area contributed by atoms with Crippen molar-refractivity contribution in [2.24, 2.45) is 5.92 Å². The van der Waals surface area contributed by atoms with E-state index in [-0.39, 0.29) is 6.61 Å². The van der Waals surface area contributed by atoms with E-state index in [1.54, 1.807) is 27.7 Å². The van der Waals surface area contributed by atoms with Gasteiger partial charge < -0.3 is 19.7 Å². The molecule has 0 rings (SSSR count). The number of hydrogen-bond donors (Lipinski definition) is 2. The maximum atomic E-state index is 11.8. The third-order valence-electron chi connectivity index (χ3n) is 1.98. The topological polar surface area (TPSA) is 110 Å². The van der Waals surface area contributed by atoms with Gasteiger partial charge in [-0.2, -0.15) is 0 Å². The third-order valence-corrected chi connectivity index (χ3v) is 1.98. The molecule has 0 aromatic heterocycles. The largest absolute Gasteiger partial charge is 0.501 e. The first kappa shape index (κ1) is 17.9. The van der Waals surface area contributed by atoms with Crippen molar-refractivity contribution in [2.75, 3.05) is 6.61 Å². The minimum Gasteiger partial charge on any atom is -0.501 e. The van der Waals surface area contributed by atoms with Crippen LogP contribution >= 0.6 is 0 Å². The number of carbonyl (C=O) groups excluding carboxylic acids is 1. The summed E-state index contributed by atoms with van der Waals surface area (Å²) in [4.78, 5) is 34.1. The lowest BCUT2D eigenvalue weighted by Gasteiger charge is -2.22. The van der Waals surface area contributed by atoms with E-state index < -0.39 is 35.0 Å². The number of aliphatic carboxylic acids is 2. The molecular formula is C13H20O7. The molecule has 2 N–H and O–H groups in total. The molecule has 1 unspecified atom stereocenters. The number of esters is 1. The van der Waals surface area contributed by atoms with Crippen LogP contribution in [0, 0.1) is 5.92 Å². The van der Waals surface area contributed by atoms with Gasteiger partial charge in [-0.1, -0.05) is 6.92 Å². The van der Waals surface area contributed by atoms with Crippen molar-refractivity contribution in [1.82, 2.24) is 0 Å². The third kappa shape index (κ3) is 6.21. The summed E-state index contributed by atoms with van der Waals surface area (Å²) in [6, 6.07) is 0. The number of rotatable bonds is 7. The summed E-state index contributed by atoms with van der Waals surface area (Å²) in [5, 5.41) is 18.1. The van der Waals surface area contributed by atoms with E-state index in [2.05, 4.69) is 0 Å². The van der Waals surface area contributed by atoms with E-state index in [4.69, 9.17) is 19.7 Å². The second kappa shape index (κ2) is 7.52. The molecule has 20 heavy (non-hydrogen) atoms. The molecule has 0 amide bonds. The zero-order valence-electron chi connectivity index (χ0n) is 12.0. The Labute approximate surface area is 117 Å². The fourth-order valence-corrected chi connectivity index (χ4v) is 1.23. The quantitative estimate of drug-likeness (QED) is 0.240. The van der Waals surface area contributed by atoms with Gasteiger partial charge in [-0.3, -0.25) is 9.59 Å². The van der Waals surface area contributed by atoms with Gasteiger partial charge in [0, 0.05) is 0 Å². The Balaban J connectivity index is 5.30. The highest BCUT2D eigenvalue weighted by Gasteiger charge is 2.38. The summed E-state index contributed by atoms with van der Waals surface area (Å²) < 4.78 is 9.82. The van der Waals surface area contributed by atoms with Crippen LogP contribution in [0.3, 0.4) is 0 Å². The molecule has 0 aliphatic carbocycles. The Kier molecular flexibility index (Phi) is 6.75. The molecule has 7 nitrogen and oxygen atoms in total. The van der Waals surface area contributed by atoms with Crippen molar-refractivity contribution < 1.29 is 34.1 Å². The highest BCUT2D eigenvalue weighted by Crippen LogP contribution is 2.19. The standard InChI is InChI=1S/C13H20O7/c1-5-6-19-7-8(10(14)15)9(11(16)17)12(18)20-13(2,3)4/h7,9H,5-6H2,1-4H3,(H,14,15)(H,16,17)/b8-7+. The van der Waals surface area contributed by atoms with Gasteiger partial charge in [-0.05, 0) is 27.2 Å². The zero-order chi connectivity index (χ0) is 15.9. The van der Waals surface area contributed by atoms with Gasteiger partial charge in [0.2, 0.25) is 0 Å². The second-order valence-corrected chi connectivity index (χ2v) is 5.05. The Bertz CT molecular complexity index is 403. The van der Waals surface area contributed by atoms with Crippen LogP contribution in [0.5, 0.6) is 0 Å². The fourth-order valence-electron chi connectivity index (χ4n) is 1.23. The molecule has 0 aliphatic rings. The van der Waals surface area contributed by atoms with Crippen molar-refractivity contribution in [2.45, 2.75) is 39.7 Å². The van der Waals surface area contributed by atoms with Crippen LogP contribution in [0.25, 0.3) is 0 Å². The first-order chi connectivity index (χ1) is 9.10. The fraction of sp³-hybridized carbons (Fsp3) is 0.615. The van der Waals surface area contributed by atoms with Crippen LogP contribution in [-0.2, 0) is 23.9 Å². The van der Waals surface area contributed by atoms with Crippen LogP contribution in [0.15, 0.2) is 11.8 Å². The van der Waals surface area contributed by atoms with E-state index in [0.29, 0.717) is 6.42 Å². The predicted molar refractivity (Wildman–Crippen MR) is 68.9 cm³/mol. The number of ether oxygens (including phenoxy) is 2. The van der Waals surface area contributed by atoms with Crippen LogP contribution in [0.1, 0.15) is 34.1 Å². The normalized spacial score (nSPS) is 13.5. The lowest BCUT2D eigenvalue weighted by molar-refractivity contribution is -0.166. The Hall–Kier alpha value is -2.05. The van der Waals surface area contributed by atoms with Crippen molar-refractivity contribution in [3.63, 3.8) is 0 Å². The van der Waals surface area contributed by atoms with Gasteiger partial charge >= 0.3 is 17.9 Å². The molecule has 0 spiro atoms. The SMILES string of the molecule is CCCO/C=C(/C(=O)O)C(C(=O)O)C(=O)OC(C)(C)C. The van der Waals surface area contributed by atoms with E-state index in [9.17, 15) is 14.4 Å². The molecule has 0 saturated carbocycles. The number of hydrogen-bond acceptors (Lipinski definition) is 5. The van der Waals surface area contributed by atoms with Crippen LogP contribution in [-0.4, -0.2) is 40.3 Å². The zero-order valence-corrected chi connectivity index (χ0v) is 12.0. The van der Waals surface area contributed by atoms with Crippen molar-refractivity contribution in [3.05, 3.63) is 11.8 Å². The summed E-state index contributed by atoms with van der Waals surface area (Å²) in [5.41, 5.74) is -1.58. The molecule has 0 bridgehead atoms. The molecule has 0 aromatic rings. The molecule has 114 valence electrons. The Morgan fingerprint density at radius 3 is 2.10 bits per heavy atom. The summed E-state index contributed by atoms with van der Waals surface area (Å²) in [5.74, 6) is -6.21.